The highest BCUT2D eigenvalue weighted by Gasteiger charge is 2.52. The molecular weight excluding hydrogens is 433 g/mol. The first kappa shape index (κ1) is 26.2. The Balaban J connectivity index is 1.93. The summed E-state index contributed by atoms with van der Waals surface area (Å²) in [6, 6.07) is 2.04. The lowest BCUT2D eigenvalue weighted by molar-refractivity contribution is 0.00578. The zero-order valence-corrected chi connectivity index (χ0v) is 22.1. The van der Waals surface area contributed by atoms with Crippen molar-refractivity contribution in [2.75, 3.05) is 31.1 Å². The minimum Gasteiger partial charge on any atom is -0.444 e. The fourth-order valence-electron chi connectivity index (χ4n) is 4.37. The van der Waals surface area contributed by atoms with Crippen molar-refractivity contribution in [3.8, 4) is 0 Å². The van der Waals surface area contributed by atoms with Crippen molar-refractivity contribution in [1.29, 1.82) is 0 Å². The Kier molecular flexibility index (Phi) is 7.18. The summed E-state index contributed by atoms with van der Waals surface area (Å²) in [6.45, 7) is 20.6. The average Bonchev–Trinajstić information content (AvgIpc) is 2.93. The van der Waals surface area contributed by atoms with Crippen LogP contribution in [0, 0.1) is 13.8 Å². The molecule has 0 unspecified atom stereocenters. The van der Waals surface area contributed by atoms with E-state index in [4.69, 9.17) is 19.6 Å². The summed E-state index contributed by atoms with van der Waals surface area (Å²) < 4.78 is 18.3. The van der Waals surface area contributed by atoms with E-state index in [1.807, 2.05) is 54.5 Å². The summed E-state index contributed by atoms with van der Waals surface area (Å²) in [5.74, 6) is 0. The number of benzene rings is 1. The molecule has 0 aliphatic carbocycles. The van der Waals surface area contributed by atoms with Gasteiger partial charge in [-0.05, 0) is 90.0 Å². The van der Waals surface area contributed by atoms with Gasteiger partial charge in [0.05, 0.1) is 17.7 Å². The zero-order chi connectivity index (χ0) is 25.5. The molecule has 2 aliphatic heterocycles. The average molecular weight is 471 g/mol. The molecule has 1 aromatic carbocycles. The van der Waals surface area contributed by atoms with Crippen LogP contribution in [0.15, 0.2) is 11.2 Å². The number of hydrogen-bond acceptors (Lipinski definition) is 6. The monoisotopic (exact) mass is 471 g/mol. The van der Waals surface area contributed by atoms with Gasteiger partial charge in [-0.1, -0.05) is 11.2 Å². The van der Waals surface area contributed by atoms with Gasteiger partial charge in [0.25, 0.3) is 0 Å². The van der Waals surface area contributed by atoms with Crippen LogP contribution in [0.2, 0.25) is 0 Å². The van der Waals surface area contributed by atoms with Gasteiger partial charge in [0.2, 0.25) is 0 Å². The highest BCUT2D eigenvalue weighted by molar-refractivity contribution is 6.62. The molecule has 186 valence electrons. The molecule has 1 amide bonds. The topological polar surface area (TPSA) is 100 Å². The highest BCUT2D eigenvalue weighted by Crippen LogP contribution is 2.38. The number of azide groups is 1. The largest absolute Gasteiger partial charge is 0.495 e. The maximum absolute atomic E-state index is 12.5. The molecule has 2 aliphatic rings. The molecule has 0 atom stereocenters. The number of anilines is 1. The van der Waals surface area contributed by atoms with Crippen molar-refractivity contribution in [2.24, 2.45) is 5.11 Å². The Morgan fingerprint density at radius 3 is 2.18 bits per heavy atom. The molecule has 9 nitrogen and oxygen atoms in total. The van der Waals surface area contributed by atoms with Crippen molar-refractivity contribution in [3.63, 3.8) is 0 Å². The Morgan fingerprint density at radius 2 is 1.68 bits per heavy atom. The van der Waals surface area contributed by atoms with E-state index >= 15 is 0 Å². The van der Waals surface area contributed by atoms with Crippen LogP contribution >= 0.6 is 0 Å². The molecule has 3 rings (SSSR count). The molecule has 0 aromatic heterocycles. The summed E-state index contributed by atoms with van der Waals surface area (Å²) in [7, 11) is -0.516. The SMILES string of the molecule is Cc1c(CN=[N+]=[N-])cc(B2OC(C)(C)C(C)(C)O2)c(C)c1N1CCN(C(=O)OC(C)(C)C)CC1. The highest BCUT2D eigenvalue weighted by atomic mass is 16.7. The number of carbonyl (C=O) groups excluding carboxylic acids is 1. The molecular formula is C24H38BN5O4. The van der Waals surface area contributed by atoms with Gasteiger partial charge in [-0.3, -0.25) is 0 Å². The van der Waals surface area contributed by atoms with E-state index in [1.54, 1.807) is 4.90 Å². The van der Waals surface area contributed by atoms with Crippen molar-refractivity contribution in [2.45, 2.75) is 85.7 Å². The summed E-state index contributed by atoms with van der Waals surface area (Å²) >= 11 is 0. The van der Waals surface area contributed by atoms with E-state index in [9.17, 15) is 4.79 Å². The summed E-state index contributed by atoms with van der Waals surface area (Å²) in [5.41, 5.74) is 12.6. The summed E-state index contributed by atoms with van der Waals surface area (Å²) in [6.07, 6.45) is -0.282. The van der Waals surface area contributed by atoms with E-state index in [-0.39, 0.29) is 12.6 Å². The number of carbonyl (C=O) groups is 1. The minimum atomic E-state index is -0.519. The molecule has 10 heteroatoms. The molecule has 0 bridgehead atoms. The maximum Gasteiger partial charge on any atom is 0.495 e. The van der Waals surface area contributed by atoms with Crippen LogP contribution in [0.5, 0.6) is 0 Å². The first-order chi connectivity index (χ1) is 15.7. The number of amides is 1. The van der Waals surface area contributed by atoms with Gasteiger partial charge in [0, 0.05) is 36.8 Å². The van der Waals surface area contributed by atoms with Gasteiger partial charge in [-0.25, -0.2) is 4.79 Å². The van der Waals surface area contributed by atoms with Crippen molar-refractivity contribution < 1.29 is 18.8 Å². The lowest BCUT2D eigenvalue weighted by atomic mass is 9.73. The first-order valence-electron chi connectivity index (χ1n) is 11.9. The van der Waals surface area contributed by atoms with Crippen LogP contribution in [-0.4, -0.2) is 61.1 Å². The van der Waals surface area contributed by atoms with Crippen LogP contribution < -0.4 is 10.4 Å². The van der Waals surface area contributed by atoms with Crippen LogP contribution in [-0.2, 0) is 20.6 Å². The van der Waals surface area contributed by atoms with Gasteiger partial charge in [0.1, 0.15) is 5.60 Å². The number of nitrogens with zero attached hydrogens (tertiary/aromatic N) is 5. The first-order valence-corrected chi connectivity index (χ1v) is 11.9. The normalized spacial score (nSPS) is 19.7. The summed E-state index contributed by atoms with van der Waals surface area (Å²) in [4.78, 5) is 19.5. The van der Waals surface area contributed by atoms with E-state index in [2.05, 4.69) is 28.8 Å². The standard InChI is InChI=1S/C24H38BN5O4/c1-16-18(15-27-28-26)14-19(25-33-23(6,7)24(8,9)34-25)17(2)20(16)29-10-12-30(13-11-29)21(31)32-22(3,4)5/h14H,10-13,15H2,1-9H3. The molecule has 2 saturated heterocycles. The lowest BCUT2D eigenvalue weighted by Crippen LogP contribution is -2.51. The van der Waals surface area contributed by atoms with E-state index in [1.165, 1.54) is 0 Å². The molecule has 0 N–H and O–H groups in total. The van der Waals surface area contributed by atoms with Crippen molar-refractivity contribution in [3.05, 3.63) is 33.2 Å². The number of piperazine rings is 1. The van der Waals surface area contributed by atoms with Crippen LogP contribution in [0.1, 0.15) is 65.2 Å². The van der Waals surface area contributed by atoms with Gasteiger partial charge in [-0.2, -0.15) is 0 Å². The smallest absolute Gasteiger partial charge is 0.444 e. The van der Waals surface area contributed by atoms with E-state index < -0.39 is 23.9 Å². The van der Waals surface area contributed by atoms with Crippen LogP contribution in [0.3, 0.4) is 0 Å². The predicted octanol–water partition coefficient (Wildman–Crippen LogP) is 4.47. The second-order valence-electron chi connectivity index (χ2n) is 11.2. The van der Waals surface area contributed by atoms with Crippen LogP contribution in [0.25, 0.3) is 10.4 Å². The number of hydrogen-bond donors (Lipinski definition) is 0. The Hall–Kier alpha value is -2.42. The number of ether oxygens (including phenoxy) is 1. The molecule has 0 saturated carbocycles. The fraction of sp³-hybridized carbons (Fsp3) is 0.708. The molecule has 2 heterocycles. The fourth-order valence-corrected chi connectivity index (χ4v) is 4.37. The quantitative estimate of drug-likeness (QED) is 0.279. The molecule has 2 fully saturated rings. The summed E-state index contributed by atoms with van der Waals surface area (Å²) in [5, 5.41) is 3.82. The van der Waals surface area contributed by atoms with Gasteiger partial charge < -0.3 is 23.8 Å². The lowest BCUT2D eigenvalue weighted by Gasteiger charge is -2.38. The third-order valence-electron chi connectivity index (χ3n) is 7.01. The van der Waals surface area contributed by atoms with E-state index in [0.717, 1.165) is 27.8 Å². The van der Waals surface area contributed by atoms with Crippen molar-refractivity contribution >= 4 is 24.4 Å². The van der Waals surface area contributed by atoms with Gasteiger partial charge in [0.15, 0.2) is 0 Å². The Labute approximate surface area is 203 Å². The maximum atomic E-state index is 12.5. The molecule has 0 radical (unpaired) electrons. The van der Waals surface area contributed by atoms with Crippen molar-refractivity contribution in [1.82, 2.24) is 4.90 Å². The molecule has 1 aromatic rings. The Morgan fingerprint density at radius 1 is 1.12 bits per heavy atom. The van der Waals surface area contributed by atoms with Gasteiger partial charge in [-0.15, -0.1) is 0 Å². The molecule has 0 spiro atoms. The third-order valence-corrected chi connectivity index (χ3v) is 7.01. The Bertz CT molecular complexity index is 974. The second kappa shape index (κ2) is 9.32. The predicted molar refractivity (Wildman–Crippen MR) is 135 cm³/mol. The zero-order valence-electron chi connectivity index (χ0n) is 22.1. The van der Waals surface area contributed by atoms with E-state index in [0.29, 0.717) is 26.2 Å². The minimum absolute atomic E-state index is 0.250. The number of rotatable bonds is 4. The third kappa shape index (κ3) is 5.29. The molecule has 34 heavy (non-hydrogen) atoms. The van der Waals surface area contributed by atoms with Gasteiger partial charge >= 0.3 is 13.2 Å². The second-order valence-corrected chi connectivity index (χ2v) is 11.2. The van der Waals surface area contributed by atoms with Crippen LogP contribution in [0.4, 0.5) is 10.5 Å².